The van der Waals surface area contributed by atoms with Gasteiger partial charge in [0.1, 0.15) is 36.0 Å². The zero-order valence-corrected chi connectivity index (χ0v) is 36.4. The Labute approximate surface area is 350 Å². The number of amides is 1. The second-order valence-electron chi connectivity index (χ2n) is 17.1. The Morgan fingerprint density at radius 2 is 1.73 bits per heavy atom. The van der Waals surface area contributed by atoms with Crippen LogP contribution in [0, 0.1) is 29.6 Å². The van der Waals surface area contributed by atoms with E-state index in [-0.39, 0.29) is 43.9 Å². The maximum atomic E-state index is 16.9. The van der Waals surface area contributed by atoms with Crippen LogP contribution in [0.3, 0.4) is 0 Å². The largest absolute Gasteiger partial charge is 0.455 e. The molecule has 0 spiro atoms. The third-order valence-corrected chi connectivity index (χ3v) is 12.4. The lowest BCUT2D eigenvalue weighted by atomic mass is 9.73. The number of nitrogens with zero attached hydrogens (tertiary/aromatic N) is 6. The summed E-state index contributed by atoms with van der Waals surface area (Å²) in [6.45, 7) is 12.1. The molecule has 0 aromatic carbocycles. The van der Waals surface area contributed by atoms with Crippen molar-refractivity contribution >= 4 is 29.4 Å². The van der Waals surface area contributed by atoms with Gasteiger partial charge in [0, 0.05) is 30.9 Å². The van der Waals surface area contributed by atoms with Crippen molar-refractivity contribution in [3.8, 4) is 23.2 Å². The number of halogens is 1. The molecule has 18 heteroatoms. The SMILES string of the molecule is CC[C@H]1OC(=O)[C@@](C)(F)C(=O)[C@H](C)[C@@H](O[C@@H]2O[C@H](C)C[C@H](N(C)C)[C@H]2O)[C@](C)(OC)C[C@@H](C)C(=O)[C@H](C)[C@@H]2N(CC#CCn3cc(-c4cccc(N)n4)nn3)C(=O)O[C@@]21C. The highest BCUT2D eigenvalue weighted by Crippen LogP contribution is 2.43. The third kappa shape index (κ3) is 9.20. The van der Waals surface area contributed by atoms with Crippen molar-refractivity contribution in [1.82, 2.24) is 29.8 Å². The Bertz CT molecular complexity index is 1970. The summed E-state index contributed by atoms with van der Waals surface area (Å²) in [5, 5.41) is 19.6. The molecule has 0 radical (unpaired) electrons. The first-order valence-corrected chi connectivity index (χ1v) is 20.4. The Morgan fingerprint density at radius 3 is 2.37 bits per heavy atom. The topological polar surface area (TPSA) is 211 Å². The molecule has 3 N–H and O–H groups in total. The van der Waals surface area contributed by atoms with Gasteiger partial charge in [0.25, 0.3) is 5.67 Å². The molecule has 2 aromatic rings. The summed E-state index contributed by atoms with van der Waals surface area (Å²) in [6.07, 6.45) is -4.12. The van der Waals surface area contributed by atoms with Crippen LogP contribution in [-0.2, 0) is 44.6 Å². The first-order valence-electron chi connectivity index (χ1n) is 20.4. The van der Waals surface area contributed by atoms with Gasteiger partial charge in [-0.15, -0.1) is 5.10 Å². The smallest absolute Gasteiger partial charge is 0.411 e. The molecule has 13 atom stereocenters. The number of rotatable bonds is 8. The van der Waals surface area contributed by atoms with Crippen molar-refractivity contribution in [2.45, 2.75) is 141 Å². The maximum Gasteiger partial charge on any atom is 0.411 e. The molecule has 3 fully saturated rings. The molecule has 5 heterocycles. The number of esters is 1. The molecule has 5 rings (SSSR count). The number of ketones is 2. The summed E-state index contributed by atoms with van der Waals surface area (Å²) >= 11 is 0. The van der Waals surface area contributed by atoms with Gasteiger partial charge in [-0.05, 0) is 73.2 Å². The van der Waals surface area contributed by atoms with Crippen LogP contribution in [-0.4, -0.2) is 146 Å². The quantitative estimate of drug-likeness (QED) is 0.222. The number of likely N-dealkylation sites (N-methyl/N-ethyl adjacent to an activating group) is 1. The number of aliphatic hydroxyl groups is 1. The van der Waals surface area contributed by atoms with E-state index >= 15 is 4.39 Å². The minimum Gasteiger partial charge on any atom is -0.455 e. The lowest BCUT2D eigenvalue weighted by Gasteiger charge is -2.47. The molecule has 0 aliphatic carbocycles. The third-order valence-electron chi connectivity index (χ3n) is 12.4. The van der Waals surface area contributed by atoms with E-state index in [4.69, 9.17) is 29.4 Å². The number of ether oxygens (including phenoxy) is 5. The number of aliphatic hydroxyl groups excluding tert-OH is 1. The number of pyridine rings is 1. The van der Waals surface area contributed by atoms with Crippen molar-refractivity contribution in [2.75, 3.05) is 33.5 Å². The monoisotopic (exact) mass is 841 g/mol. The zero-order chi connectivity index (χ0) is 44.5. The van der Waals surface area contributed by atoms with E-state index in [9.17, 15) is 24.3 Å². The second kappa shape index (κ2) is 18.2. The lowest BCUT2D eigenvalue weighted by Crippen LogP contribution is -2.61. The predicted molar refractivity (Wildman–Crippen MR) is 215 cm³/mol. The summed E-state index contributed by atoms with van der Waals surface area (Å²) in [6, 6.07) is 3.72. The minimum absolute atomic E-state index is 0.0357. The van der Waals surface area contributed by atoms with Gasteiger partial charge < -0.3 is 39.4 Å². The van der Waals surface area contributed by atoms with Gasteiger partial charge in [0.2, 0.25) is 0 Å². The first kappa shape index (κ1) is 46.5. The van der Waals surface area contributed by atoms with Crippen LogP contribution in [0.25, 0.3) is 11.4 Å². The average Bonchev–Trinajstić information content (AvgIpc) is 3.78. The van der Waals surface area contributed by atoms with Crippen LogP contribution < -0.4 is 5.73 Å². The Morgan fingerprint density at radius 1 is 1.05 bits per heavy atom. The fraction of sp³-hybridized carbons (Fsp3) is 0.690. The van der Waals surface area contributed by atoms with Gasteiger partial charge in [0.15, 0.2) is 17.7 Å². The van der Waals surface area contributed by atoms with Crippen LogP contribution in [0.4, 0.5) is 15.0 Å². The van der Waals surface area contributed by atoms with Gasteiger partial charge in [-0.2, -0.15) is 0 Å². The fourth-order valence-corrected chi connectivity index (χ4v) is 9.01. The molecule has 60 heavy (non-hydrogen) atoms. The Kier molecular flexibility index (Phi) is 14.1. The normalized spacial score (nSPS) is 36.9. The van der Waals surface area contributed by atoms with E-state index < -0.39 is 83.1 Å². The van der Waals surface area contributed by atoms with Crippen LogP contribution in [0.1, 0.15) is 74.7 Å². The van der Waals surface area contributed by atoms with Crippen molar-refractivity contribution in [3.05, 3.63) is 24.4 Å². The van der Waals surface area contributed by atoms with Crippen LogP contribution in [0.15, 0.2) is 24.4 Å². The summed E-state index contributed by atoms with van der Waals surface area (Å²) < 4.78 is 48.8. The first-order chi connectivity index (χ1) is 28.1. The summed E-state index contributed by atoms with van der Waals surface area (Å²) in [7, 11) is 5.00. The number of fused-ring (bicyclic) bond motifs is 1. The van der Waals surface area contributed by atoms with Crippen LogP contribution in [0.5, 0.6) is 0 Å². The number of hydrogen-bond donors (Lipinski definition) is 2. The van der Waals surface area contributed by atoms with E-state index in [1.807, 2.05) is 25.9 Å². The number of anilines is 1. The molecule has 17 nitrogen and oxygen atoms in total. The van der Waals surface area contributed by atoms with Gasteiger partial charge in [-0.25, -0.2) is 23.6 Å². The summed E-state index contributed by atoms with van der Waals surface area (Å²) in [4.78, 5) is 64.0. The molecule has 0 bridgehead atoms. The number of alkyl halides is 1. The number of hydrogen-bond acceptors (Lipinski definition) is 15. The van der Waals surface area contributed by atoms with Crippen LogP contribution >= 0.6 is 0 Å². The van der Waals surface area contributed by atoms with Crippen molar-refractivity contribution in [2.24, 2.45) is 17.8 Å². The minimum atomic E-state index is -3.21. The molecule has 330 valence electrons. The molecule has 3 aliphatic heterocycles. The number of aromatic nitrogens is 4. The molecule has 0 unspecified atom stereocenters. The molecule has 1 amide bonds. The number of carbonyl (C=O) groups is 4. The Hall–Kier alpha value is -4.54. The average molecular weight is 842 g/mol. The van der Waals surface area contributed by atoms with Gasteiger partial charge >= 0.3 is 12.1 Å². The van der Waals surface area contributed by atoms with Crippen molar-refractivity contribution in [3.63, 3.8) is 0 Å². The zero-order valence-electron chi connectivity index (χ0n) is 36.4. The van der Waals surface area contributed by atoms with Gasteiger partial charge in [-0.1, -0.05) is 50.8 Å². The van der Waals surface area contributed by atoms with Crippen molar-refractivity contribution < 1.29 is 52.4 Å². The predicted octanol–water partition coefficient (Wildman–Crippen LogP) is 3.22. The molecular weight excluding hydrogens is 781 g/mol. The summed E-state index contributed by atoms with van der Waals surface area (Å²) in [5.41, 5.74) is 0.449. The highest BCUT2D eigenvalue weighted by molar-refractivity contribution is 6.08. The van der Waals surface area contributed by atoms with Gasteiger partial charge in [-0.3, -0.25) is 14.5 Å². The molecule has 2 aromatic heterocycles. The number of Topliss-reactive ketones (excluding diaryl/α,β-unsaturated/α-hetero) is 2. The standard InChI is InChI=1S/C42H60FN7O10/c1-12-30-42(8)34(50(39(55)60-42)19-14-13-18-49-22-28(46-47-49)27-16-15-17-31(44)45-27)25(4)32(51)23(2)21-40(6,56-11)36(26(5)35(53)41(7,43)38(54)58-30)59-37-33(52)29(48(9)10)20-24(3)57-37/h15-17,22-26,29-30,33-34,36-37,52H,12,18-21H2,1-11H3,(H2,44,45)/t23-,24-,25+,26+,29+,30-,33-,34+,36-,37+,40-,41+,42-/m1/s1. The molecule has 3 saturated heterocycles. The number of methoxy groups -OCH3 is 1. The fourth-order valence-electron chi connectivity index (χ4n) is 9.01. The van der Waals surface area contributed by atoms with Gasteiger partial charge in [0.05, 0.1) is 42.3 Å². The van der Waals surface area contributed by atoms with E-state index in [1.165, 1.54) is 30.5 Å². The molecular formula is C42H60FN7O10. The number of nitrogens with two attached hydrogens (primary N) is 1. The van der Waals surface area contributed by atoms with E-state index in [0.29, 0.717) is 23.6 Å². The maximum absolute atomic E-state index is 16.9. The summed E-state index contributed by atoms with van der Waals surface area (Å²) in [5.74, 6) is 0.181. The second-order valence-corrected chi connectivity index (χ2v) is 17.1. The highest BCUT2D eigenvalue weighted by Gasteiger charge is 2.61. The van der Waals surface area contributed by atoms with E-state index in [2.05, 4.69) is 27.1 Å². The highest BCUT2D eigenvalue weighted by atomic mass is 19.1. The van der Waals surface area contributed by atoms with E-state index in [1.54, 1.807) is 52.1 Å². The van der Waals surface area contributed by atoms with Crippen molar-refractivity contribution in [1.29, 1.82) is 0 Å². The number of nitrogen functional groups attached to an aromatic ring is 1. The van der Waals surface area contributed by atoms with E-state index in [0.717, 1.165) is 6.92 Å². The molecule has 3 aliphatic rings. The number of cyclic esters (lactones) is 1. The molecule has 0 saturated carbocycles. The number of carbonyl (C=O) groups excluding carboxylic acids is 4. The van der Waals surface area contributed by atoms with Crippen LogP contribution in [0.2, 0.25) is 0 Å². The lowest BCUT2D eigenvalue weighted by molar-refractivity contribution is -0.295. The Balaban J connectivity index is 1.49.